The Bertz CT molecular complexity index is 617. The van der Waals surface area contributed by atoms with Crippen molar-refractivity contribution in [2.24, 2.45) is 0 Å². The average molecular weight is 381 g/mol. The van der Waals surface area contributed by atoms with Crippen molar-refractivity contribution in [2.75, 3.05) is 32.7 Å². The lowest BCUT2D eigenvalue weighted by Gasteiger charge is -2.19. The number of rotatable bonds is 9. The first-order chi connectivity index (χ1) is 13.1. The van der Waals surface area contributed by atoms with Crippen molar-refractivity contribution in [3.8, 4) is 0 Å². The second-order valence-corrected chi connectivity index (χ2v) is 6.94. The third-order valence-corrected chi connectivity index (χ3v) is 4.71. The molecule has 27 heavy (non-hydrogen) atoms. The Balaban J connectivity index is 1.53. The Labute approximate surface area is 159 Å². The summed E-state index contributed by atoms with van der Waals surface area (Å²) >= 11 is 0. The molecular weight excluding hydrogens is 352 g/mol. The van der Waals surface area contributed by atoms with Gasteiger partial charge in [-0.2, -0.15) is 0 Å². The van der Waals surface area contributed by atoms with Gasteiger partial charge in [0.2, 0.25) is 5.91 Å². The molecule has 0 aromatic heterocycles. The van der Waals surface area contributed by atoms with Crippen molar-refractivity contribution in [2.45, 2.75) is 44.9 Å². The quantitative estimate of drug-likeness (QED) is 0.647. The molecule has 0 saturated carbocycles. The van der Waals surface area contributed by atoms with Crippen LogP contribution in [0.4, 0.5) is 8.78 Å². The average Bonchev–Trinajstić information content (AvgIpc) is 2.91. The standard InChI is InChI=1S/C20H29F2N3O2/c21-16-8-9-17(18(22)15-16)20(27)24-10-5-7-19(26)23-11-6-14-25-12-3-1-2-4-13-25/h8-9,15H,1-7,10-14H2,(H,23,26)(H,24,27). The van der Waals surface area contributed by atoms with E-state index in [1.165, 1.54) is 25.7 Å². The number of carbonyl (C=O) groups excluding carboxylic acids is 2. The lowest BCUT2D eigenvalue weighted by Crippen LogP contribution is -2.31. The SMILES string of the molecule is O=C(CCCNC(=O)c1ccc(F)cc1F)NCCCN1CCCCCC1. The Morgan fingerprint density at radius 2 is 1.67 bits per heavy atom. The maximum Gasteiger partial charge on any atom is 0.254 e. The molecule has 1 fully saturated rings. The fraction of sp³-hybridized carbons (Fsp3) is 0.600. The van der Waals surface area contributed by atoms with E-state index in [0.29, 0.717) is 25.5 Å². The predicted molar refractivity (Wildman–Crippen MR) is 100 cm³/mol. The van der Waals surface area contributed by atoms with Crippen molar-refractivity contribution < 1.29 is 18.4 Å². The van der Waals surface area contributed by atoms with Gasteiger partial charge in [-0.1, -0.05) is 12.8 Å². The van der Waals surface area contributed by atoms with Gasteiger partial charge in [0.05, 0.1) is 5.56 Å². The molecule has 1 heterocycles. The fourth-order valence-corrected chi connectivity index (χ4v) is 3.20. The van der Waals surface area contributed by atoms with Crippen LogP contribution in [0.1, 0.15) is 55.3 Å². The predicted octanol–water partition coefficient (Wildman–Crippen LogP) is 2.86. The van der Waals surface area contributed by atoms with Crippen LogP contribution in [0.25, 0.3) is 0 Å². The summed E-state index contributed by atoms with van der Waals surface area (Å²) in [6.07, 6.45) is 6.86. The van der Waals surface area contributed by atoms with E-state index in [0.717, 1.165) is 38.2 Å². The Kier molecular flexibility index (Phi) is 9.18. The summed E-state index contributed by atoms with van der Waals surface area (Å²) in [6.45, 7) is 4.24. The van der Waals surface area contributed by atoms with Gasteiger partial charge in [-0.25, -0.2) is 8.78 Å². The molecule has 5 nitrogen and oxygen atoms in total. The Morgan fingerprint density at radius 3 is 2.37 bits per heavy atom. The molecule has 150 valence electrons. The van der Waals surface area contributed by atoms with Gasteiger partial charge >= 0.3 is 0 Å². The molecule has 1 aliphatic heterocycles. The monoisotopic (exact) mass is 381 g/mol. The van der Waals surface area contributed by atoms with Crippen LogP contribution >= 0.6 is 0 Å². The van der Waals surface area contributed by atoms with Crippen molar-refractivity contribution >= 4 is 11.8 Å². The summed E-state index contributed by atoms with van der Waals surface area (Å²) in [4.78, 5) is 26.1. The van der Waals surface area contributed by atoms with E-state index >= 15 is 0 Å². The zero-order valence-corrected chi connectivity index (χ0v) is 15.7. The van der Waals surface area contributed by atoms with E-state index < -0.39 is 17.5 Å². The molecule has 2 N–H and O–H groups in total. The molecule has 1 aromatic rings. The molecule has 1 saturated heterocycles. The van der Waals surface area contributed by atoms with Gasteiger partial charge in [-0.3, -0.25) is 9.59 Å². The minimum atomic E-state index is -0.894. The highest BCUT2D eigenvalue weighted by atomic mass is 19.1. The minimum Gasteiger partial charge on any atom is -0.356 e. The molecule has 0 unspecified atom stereocenters. The molecule has 0 radical (unpaired) electrons. The van der Waals surface area contributed by atoms with E-state index in [9.17, 15) is 18.4 Å². The number of likely N-dealkylation sites (tertiary alicyclic amines) is 1. The summed E-state index contributed by atoms with van der Waals surface area (Å²) in [7, 11) is 0. The van der Waals surface area contributed by atoms with Crippen LogP contribution in [-0.2, 0) is 4.79 Å². The van der Waals surface area contributed by atoms with Gasteiger partial charge in [-0.15, -0.1) is 0 Å². The van der Waals surface area contributed by atoms with Crippen LogP contribution in [0, 0.1) is 11.6 Å². The molecular formula is C20H29F2N3O2. The van der Waals surface area contributed by atoms with E-state index in [-0.39, 0.29) is 18.0 Å². The first kappa shape index (κ1) is 21.3. The van der Waals surface area contributed by atoms with Crippen molar-refractivity contribution in [3.05, 3.63) is 35.4 Å². The summed E-state index contributed by atoms with van der Waals surface area (Å²) < 4.78 is 26.3. The van der Waals surface area contributed by atoms with Crippen molar-refractivity contribution in [1.82, 2.24) is 15.5 Å². The van der Waals surface area contributed by atoms with Crippen molar-refractivity contribution in [1.29, 1.82) is 0 Å². The smallest absolute Gasteiger partial charge is 0.254 e. The second-order valence-electron chi connectivity index (χ2n) is 6.94. The molecule has 2 amide bonds. The molecule has 0 bridgehead atoms. The van der Waals surface area contributed by atoms with Crippen LogP contribution in [0.2, 0.25) is 0 Å². The normalized spacial score (nSPS) is 15.2. The number of carbonyl (C=O) groups is 2. The summed E-state index contributed by atoms with van der Waals surface area (Å²) in [6, 6.07) is 2.82. The molecule has 2 rings (SSSR count). The highest BCUT2D eigenvalue weighted by Crippen LogP contribution is 2.10. The Morgan fingerprint density at radius 1 is 0.963 bits per heavy atom. The lowest BCUT2D eigenvalue weighted by molar-refractivity contribution is -0.121. The highest BCUT2D eigenvalue weighted by molar-refractivity contribution is 5.94. The number of nitrogens with one attached hydrogen (secondary N) is 2. The molecule has 0 aliphatic carbocycles. The summed E-state index contributed by atoms with van der Waals surface area (Å²) in [5.41, 5.74) is -0.200. The number of benzene rings is 1. The van der Waals surface area contributed by atoms with Crippen LogP contribution in [0.15, 0.2) is 18.2 Å². The maximum atomic E-state index is 13.5. The van der Waals surface area contributed by atoms with Gasteiger partial charge in [-0.05, 0) is 57.5 Å². The zero-order valence-electron chi connectivity index (χ0n) is 15.7. The first-order valence-corrected chi connectivity index (χ1v) is 9.78. The van der Waals surface area contributed by atoms with Gasteiger partial charge in [0.15, 0.2) is 0 Å². The summed E-state index contributed by atoms with van der Waals surface area (Å²) in [5.74, 6) is -2.27. The van der Waals surface area contributed by atoms with E-state index in [4.69, 9.17) is 0 Å². The molecule has 1 aromatic carbocycles. The Hall–Kier alpha value is -2.02. The molecule has 7 heteroatoms. The van der Waals surface area contributed by atoms with Gasteiger partial charge in [0.25, 0.3) is 5.91 Å². The van der Waals surface area contributed by atoms with Crippen LogP contribution < -0.4 is 10.6 Å². The topological polar surface area (TPSA) is 61.4 Å². The second kappa shape index (κ2) is 11.6. The number of nitrogens with zero attached hydrogens (tertiary/aromatic N) is 1. The molecule has 0 spiro atoms. The summed E-state index contributed by atoms with van der Waals surface area (Å²) in [5, 5.41) is 5.44. The van der Waals surface area contributed by atoms with E-state index in [2.05, 4.69) is 15.5 Å². The number of hydrogen-bond acceptors (Lipinski definition) is 3. The minimum absolute atomic E-state index is 0.0481. The lowest BCUT2D eigenvalue weighted by atomic mass is 10.2. The highest BCUT2D eigenvalue weighted by Gasteiger charge is 2.12. The van der Waals surface area contributed by atoms with E-state index in [1.54, 1.807) is 0 Å². The molecule has 0 atom stereocenters. The largest absolute Gasteiger partial charge is 0.356 e. The third kappa shape index (κ3) is 8.03. The fourth-order valence-electron chi connectivity index (χ4n) is 3.20. The number of amides is 2. The van der Waals surface area contributed by atoms with Gasteiger partial charge in [0, 0.05) is 25.6 Å². The van der Waals surface area contributed by atoms with Crippen LogP contribution in [-0.4, -0.2) is 49.4 Å². The van der Waals surface area contributed by atoms with Gasteiger partial charge < -0.3 is 15.5 Å². The first-order valence-electron chi connectivity index (χ1n) is 9.78. The maximum absolute atomic E-state index is 13.5. The van der Waals surface area contributed by atoms with Crippen LogP contribution in [0.3, 0.4) is 0 Å². The molecule has 1 aliphatic rings. The number of halogens is 2. The number of hydrogen-bond donors (Lipinski definition) is 2. The van der Waals surface area contributed by atoms with Crippen molar-refractivity contribution in [3.63, 3.8) is 0 Å². The van der Waals surface area contributed by atoms with Gasteiger partial charge in [0.1, 0.15) is 11.6 Å². The van der Waals surface area contributed by atoms with E-state index in [1.807, 2.05) is 0 Å². The zero-order chi connectivity index (χ0) is 19.5. The third-order valence-electron chi connectivity index (χ3n) is 4.71. The van der Waals surface area contributed by atoms with Crippen LogP contribution in [0.5, 0.6) is 0 Å².